The van der Waals surface area contributed by atoms with Crippen LogP contribution in [0.3, 0.4) is 0 Å². The van der Waals surface area contributed by atoms with E-state index in [0.29, 0.717) is 12.1 Å². The number of rotatable bonds is 2. The summed E-state index contributed by atoms with van der Waals surface area (Å²) in [6.07, 6.45) is -9.87. The predicted octanol–water partition coefficient (Wildman–Crippen LogP) is 3.19. The van der Waals surface area contributed by atoms with Gasteiger partial charge in [-0.25, -0.2) is 0 Å². The van der Waals surface area contributed by atoms with Crippen LogP contribution in [0.5, 0.6) is 5.75 Å². The van der Waals surface area contributed by atoms with Gasteiger partial charge in [-0.1, -0.05) is 0 Å². The van der Waals surface area contributed by atoms with E-state index in [1.54, 1.807) is 0 Å². The van der Waals surface area contributed by atoms with Gasteiger partial charge in [0.25, 0.3) is 0 Å². The highest BCUT2D eigenvalue weighted by Crippen LogP contribution is 2.43. The molecule has 0 radical (unpaired) electrons. The summed E-state index contributed by atoms with van der Waals surface area (Å²) in [7, 11) is 0.943. The van der Waals surface area contributed by atoms with Gasteiger partial charge >= 0.3 is 12.4 Å². The molecule has 0 aliphatic carbocycles. The molecule has 2 N–H and O–H groups in total. The summed E-state index contributed by atoms with van der Waals surface area (Å²) >= 11 is 0. The van der Waals surface area contributed by atoms with E-state index >= 15 is 0 Å². The lowest BCUT2D eigenvalue weighted by molar-refractivity contribution is -0.145. The molecule has 0 aliphatic heterocycles. The largest absolute Gasteiger partial charge is 0.496 e. The smallest absolute Gasteiger partial charge is 0.420 e. The zero-order valence-corrected chi connectivity index (χ0v) is 9.12. The molecule has 0 atom stereocenters. The van der Waals surface area contributed by atoms with E-state index in [2.05, 4.69) is 4.74 Å². The van der Waals surface area contributed by atoms with Crippen LogP contribution in [0, 0.1) is 0 Å². The average molecular weight is 273 g/mol. The zero-order chi connectivity index (χ0) is 14.1. The Balaban J connectivity index is 3.64. The van der Waals surface area contributed by atoms with E-state index in [-0.39, 0.29) is 0 Å². The zero-order valence-electron chi connectivity index (χ0n) is 9.12. The standard InChI is InChI=1S/C10H9F6NO/c1-18-7-3-2-6(9(11,12)13)5(4-17)8(7)10(14,15)16/h2-3H,4,17H2,1H3. The molecule has 102 valence electrons. The van der Waals surface area contributed by atoms with E-state index in [1.165, 1.54) is 0 Å². The van der Waals surface area contributed by atoms with Crippen LogP contribution in [0.4, 0.5) is 26.3 Å². The minimum atomic E-state index is -4.97. The van der Waals surface area contributed by atoms with Crippen LogP contribution in [0.1, 0.15) is 16.7 Å². The molecule has 0 aliphatic rings. The van der Waals surface area contributed by atoms with Gasteiger partial charge in [-0.2, -0.15) is 26.3 Å². The molecular formula is C10H9F6NO. The molecule has 0 saturated heterocycles. The normalized spacial score (nSPS) is 12.7. The summed E-state index contributed by atoms with van der Waals surface area (Å²) in [5.74, 6) is -0.684. The fourth-order valence-electron chi connectivity index (χ4n) is 1.58. The lowest BCUT2D eigenvalue weighted by atomic mass is 9.99. The Morgan fingerprint density at radius 1 is 1.06 bits per heavy atom. The van der Waals surface area contributed by atoms with Crippen molar-refractivity contribution in [2.24, 2.45) is 5.73 Å². The summed E-state index contributed by atoms with van der Waals surface area (Å²) in [5.41, 5.74) is 1.11. The first-order valence-corrected chi connectivity index (χ1v) is 4.67. The van der Waals surface area contributed by atoms with Crippen molar-refractivity contribution in [3.05, 3.63) is 28.8 Å². The average Bonchev–Trinajstić information content (AvgIpc) is 2.24. The molecular weight excluding hydrogens is 264 g/mol. The summed E-state index contributed by atoms with van der Waals surface area (Å²) in [5, 5.41) is 0. The van der Waals surface area contributed by atoms with Crippen molar-refractivity contribution in [2.75, 3.05) is 7.11 Å². The summed E-state index contributed by atoms with van der Waals surface area (Å²) in [6.45, 7) is -0.888. The van der Waals surface area contributed by atoms with Crippen molar-refractivity contribution in [3.63, 3.8) is 0 Å². The molecule has 0 aromatic heterocycles. The molecule has 18 heavy (non-hydrogen) atoms. The second kappa shape index (κ2) is 4.68. The fraction of sp³-hybridized carbons (Fsp3) is 0.400. The van der Waals surface area contributed by atoms with Crippen molar-refractivity contribution in [3.8, 4) is 5.75 Å². The van der Waals surface area contributed by atoms with E-state index in [1.807, 2.05) is 0 Å². The molecule has 2 nitrogen and oxygen atoms in total. The second-order valence-corrected chi connectivity index (χ2v) is 3.37. The topological polar surface area (TPSA) is 35.2 Å². The van der Waals surface area contributed by atoms with E-state index in [4.69, 9.17) is 5.73 Å². The number of hydrogen-bond donors (Lipinski definition) is 1. The number of hydrogen-bond acceptors (Lipinski definition) is 2. The molecule has 0 bridgehead atoms. The molecule has 0 amide bonds. The number of nitrogens with two attached hydrogens (primary N) is 1. The first-order valence-electron chi connectivity index (χ1n) is 4.67. The van der Waals surface area contributed by atoms with Crippen LogP contribution in [-0.4, -0.2) is 7.11 Å². The van der Waals surface area contributed by atoms with Crippen LogP contribution in [0.2, 0.25) is 0 Å². The van der Waals surface area contributed by atoms with Gasteiger partial charge in [0, 0.05) is 6.54 Å². The molecule has 1 rings (SSSR count). The van der Waals surface area contributed by atoms with Gasteiger partial charge in [0.1, 0.15) is 11.3 Å². The van der Waals surface area contributed by atoms with Crippen molar-refractivity contribution in [1.29, 1.82) is 0 Å². The van der Waals surface area contributed by atoms with Crippen LogP contribution in [0.25, 0.3) is 0 Å². The monoisotopic (exact) mass is 273 g/mol. The number of halogens is 6. The Hall–Kier alpha value is -1.44. The van der Waals surface area contributed by atoms with E-state index in [0.717, 1.165) is 7.11 Å². The highest BCUT2D eigenvalue weighted by molar-refractivity contribution is 5.48. The highest BCUT2D eigenvalue weighted by atomic mass is 19.4. The minimum absolute atomic E-state index is 0.524. The first kappa shape index (κ1) is 14.6. The molecule has 1 aromatic carbocycles. The molecule has 0 spiro atoms. The van der Waals surface area contributed by atoms with Crippen molar-refractivity contribution >= 4 is 0 Å². The molecule has 0 fully saturated rings. The van der Waals surface area contributed by atoms with Crippen molar-refractivity contribution in [2.45, 2.75) is 18.9 Å². The van der Waals surface area contributed by atoms with Crippen molar-refractivity contribution in [1.82, 2.24) is 0 Å². The Bertz CT molecular complexity index is 437. The van der Waals surface area contributed by atoms with Gasteiger partial charge in [0.2, 0.25) is 0 Å². The molecule has 0 unspecified atom stereocenters. The maximum atomic E-state index is 12.7. The van der Waals surface area contributed by atoms with Crippen LogP contribution in [-0.2, 0) is 18.9 Å². The minimum Gasteiger partial charge on any atom is -0.496 e. The van der Waals surface area contributed by atoms with Crippen molar-refractivity contribution < 1.29 is 31.1 Å². The highest BCUT2D eigenvalue weighted by Gasteiger charge is 2.42. The third-order valence-corrected chi connectivity index (χ3v) is 2.29. The van der Waals surface area contributed by atoms with Gasteiger partial charge in [0.15, 0.2) is 0 Å². The number of methoxy groups -OCH3 is 1. The van der Waals surface area contributed by atoms with Gasteiger partial charge in [-0.15, -0.1) is 0 Å². The number of benzene rings is 1. The lowest BCUT2D eigenvalue weighted by Crippen LogP contribution is -2.19. The lowest BCUT2D eigenvalue weighted by Gasteiger charge is -2.20. The van der Waals surface area contributed by atoms with Gasteiger partial charge in [0.05, 0.1) is 12.7 Å². The third kappa shape index (κ3) is 2.69. The van der Waals surface area contributed by atoms with Crippen LogP contribution < -0.4 is 10.5 Å². The summed E-state index contributed by atoms with van der Waals surface area (Å²) in [4.78, 5) is 0. The SMILES string of the molecule is COc1ccc(C(F)(F)F)c(CN)c1C(F)(F)F. The molecule has 1 aromatic rings. The van der Waals surface area contributed by atoms with Crippen LogP contribution >= 0.6 is 0 Å². The first-order chi connectivity index (χ1) is 8.12. The van der Waals surface area contributed by atoms with Gasteiger partial charge in [-0.05, 0) is 17.7 Å². The summed E-state index contributed by atoms with van der Waals surface area (Å²) < 4.78 is 80.4. The second-order valence-electron chi connectivity index (χ2n) is 3.37. The van der Waals surface area contributed by atoms with E-state index < -0.39 is 41.3 Å². The molecule has 8 heteroatoms. The van der Waals surface area contributed by atoms with Gasteiger partial charge in [-0.3, -0.25) is 0 Å². The number of ether oxygens (including phenoxy) is 1. The van der Waals surface area contributed by atoms with Crippen LogP contribution in [0.15, 0.2) is 12.1 Å². The maximum absolute atomic E-state index is 12.7. The third-order valence-electron chi connectivity index (χ3n) is 2.29. The Morgan fingerprint density at radius 2 is 1.61 bits per heavy atom. The molecule has 0 heterocycles. The Labute approximate surface area is 98.3 Å². The quantitative estimate of drug-likeness (QED) is 0.840. The Morgan fingerprint density at radius 3 is 1.94 bits per heavy atom. The number of alkyl halides is 6. The Kier molecular flexibility index (Phi) is 3.80. The predicted molar refractivity (Wildman–Crippen MR) is 50.9 cm³/mol. The summed E-state index contributed by atoms with van der Waals surface area (Å²) in [6, 6.07) is 1.15. The maximum Gasteiger partial charge on any atom is 0.420 e. The fourth-order valence-corrected chi connectivity index (χ4v) is 1.58. The van der Waals surface area contributed by atoms with E-state index in [9.17, 15) is 26.3 Å². The van der Waals surface area contributed by atoms with Gasteiger partial charge < -0.3 is 10.5 Å². The molecule has 0 saturated carbocycles.